The standard InChI is InChI=1S/C29H32N2O6/c1-20-27(29(34)35-2)25(28(33)31(20)18-24-9-6-16-36-24)17-22-10-12-23(13-11-22)37-19-26(32)30-15-14-21-7-4-3-5-8-21/h3-5,7-8,10-13,17,24H,6,9,14-16,18-19H2,1-2H3,(H,30,32)/b25-17-/t24-/m0/s1. The maximum absolute atomic E-state index is 13.2. The van der Waals surface area contributed by atoms with Crippen LogP contribution in [0.3, 0.4) is 0 Å². The van der Waals surface area contributed by atoms with Crippen molar-refractivity contribution in [1.29, 1.82) is 0 Å². The first-order chi connectivity index (χ1) is 18.0. The molecule has 2 aliphatic rings. The minimum absolute atomic E-state index is 0.0379. The number of amides is 2. The molecule has 194 valence electrons. The van der Waals surface area contributed by atoms with E-state index in [2.05, 4.69) is 5.32 Å². The molecule has 1 fully saturated rings. The van der Waals surface area contributed by atoms with Gasteiger partial charge in [0.25, 0.3) is 11.8 Å². The number of allylic oxidation sites excluding steroid dienone is 1. The zero-order valence-electron chi connectivity index (χ0n) is 21.2. The summed E-state index contributed by atoms with van der Waals surface area (Å²) in [5.41, 5.74) is 2.99. The lowest BCUT2D eigenvalue weighted by atomic mass is 10.0. The zero-order valence-corrected chi connectivity index (χ0v) is 21.2. The second-order valence-corrected chi connectivity index (χ2v) is 9.00. The normalized spacial score (nSPS) is 18.4. The van der Waals surface area contributed by atoms with E-state index in [1.807, 2.05) is 30.3 Å². The van der Waals surface area contributed by atoms with E-state index >= 15 is 0 Å². The van der Waals surface area contributed by atoms with Crippen LogP contribution in [0.1, 0.15) is 30.9 Å². The number of esters is 1. The van der Waals surface area contributed by atoms with E-state index in [4.69, 9.17) is 14.2 Å². The second-order valence-electron chi connectivity index (χ2n) is 9.00. The molecule has 0 aliphatic carbocycles. The predicted octanol–water partition coefficient (Wildman–Crippen LogP) is 3.28. The first-order valence-electron chi connectivity index (χ1n) is 12.4. The Morgan fingerprint density at radius 1 is 1.14 bits per heavy atom. The molecule has 37 heavy (non-hydrogen) atoms. The van der Waals surface area contributed by atoms with Gasteiger partial charge in [0.1, 0.15) is 5.75 Å². The molecule has 2 heterocycles. The van der Waals surface area contributed by atoms with E-state index < -0.39 is 5.97 Å². The van der Waals surface area contributed by atoms with Gasteiger partial charge in [-0.2, -0.15) is 0 Å². The van der Waals surface area contributed by atoms with E-state index in [9.17, 15) is 14.4 Å². The molecule has 0 spiro atoms. The van der Waals surface area contributed by atoms with Gasteiger partial charge in [-0.15, -0.1) is 0 Å². The lowest BCUT2D eigenvalue weighted by Crippen LogP contribution is -2.33. The lowest BCUT2D eigenvalue weighted by Gasteiger charge is -2.21. The van der Waals surface area contributed by atoms with Gasteiger partial charge in [0.15, 0.2) is 6.61 Å². The van der Waals surface area contributed by atoms with Crippen LogP contribution in [0.2, 0.25) is 0 Å². The highest BCUT2D eigenvalue weighted by Crippen LogP contribution is 2.33. The molecule has 2 aromatic rings. The summed E-state index contributed by atoms with van der Waals surface area (Å²) in [5, 5.41) is 2.85. The number of rotatable bonds is 10. The Morgan fingerprint density at radius 2 is 1.89 bits per heavy atom. The summed E-state index contributed by atoms with van der Waals surface area (Å²) in [6.07, 6.45) is 4.24. The lowest BCUT2D eigenvalue weighted by molar-refractivity contribution is -0.136. The van der Waals surface area contributed by atoms with Gasteiger partial charge in [-0.3, -0.25) is 9.59 Å². The van der Waals surface area contributed by atoms with E-state index in [-0.39, 0.29) is 35.7 Å². The summed E-state index contributed by atoms with van der Waals surface area (Å²) in [7, 11) is 1.30. The Morgan fingerprint density at radius 3 is 2.57 bits per heavy atom. The number of hydrogen-bond donors (Lipinski definition) is 1. The van der Waals surface area contributed by atoms with Crippen LogP contribution in [0, 0.1) is 0 Å². The fourth-order valence-electron chi connectivity index (χ4n) is 4.46. The Kier molecular flexibility index (Phi) is 8.74. The van der Waals surface area contributed by atoms with Crippen molar-refractivity contribution in [1.82, 2.24) is 10.2 Å². The number of carbonyl (C=O) groups is 3. The van der Waals surface area contributed by atoms with Crippen LogP contribution in [0.25, 0.3) is 6.08 Å². The third-order valence-corrected chi connectivity index (χ3v) is 6.45. The van der Waals surface area contributed by atoms with Crippen LogP contribution >= 0.6 is 0 Å². The molecule has 8 heteroatoms. The van der Waals surface area contributed by atoms with E-state index in [0.717, 1.165) is 30.4 Å². The Balaban J connectivity index is 1.36. The first-order valence-corrected chi connectivity index (χ1v) is 12.4. The average Bonchev–Trinajstić information content (AvgIpc) is 3.51. The van der Waals surface area contributed by atoms with Gasteiger partial charge in [0.05, 0.1) is 30.9 Å². The van der Waals surface area contributed by atoms with Crippen LogP contribution in [0.15, 0.2) is 71.4 Å². The summed E-state index contributed by atoms with van der Waals surface area (Å²) in [4.78, 5) is 39.5. The maximum Gasteiger partial charge on any atom is 0.340 e. The van der Waals surface area contributed by atoms with Crippen molar-refractivity contribution < 1.29 is 28.6 Å². The van der Waals surface area contributed by atoms with Gasteiger partial charge in [0.2, 0.25) is 0 Å². The van der Waals surface area contributed by atoms with E-state index in [1.54, 1.807) is 42.2 Å². The quantitative estimate of drug-likeness (QED) is 0.394. The summed E-state index contributed by atoms with van der Waals surface area (Å²) in [5.74, 6) is -0.475. The fourth-order valence-corrected chi connectivity index (χ4v) is 4.46. The summed E-state index contributed by atoms with van der Waals surface area (Å²) < 4.78 is 16.2. The number of carbonyl (C=O) groups excluding carboxylic acids is 3. The fraction of sp³-hybridized carbons (Fsp3) is 0.345. The van der Waals surface area contributed by atoms with E-state index in [1.165, 1.54) is 7.11 Å². The predicted molar refractivity (Wildman–Crippen MR) is 138 cm³/mol. The minimum Gasteiger partial charge on any atom is -0.484 e. The van der Waals surface area contributed by atoms with Gasteiger partial charge in [-0.25, -0.2) is 4.79 Å². The molecule has 2 amide bonds. The molecule has 8 nitrogen and oxygen atoms in total. The first kappa shape index (κ1) is 26.2. The minimum atomic E-state index is -0.551. The second kappa shape index (κ2) is 12.4. The van der Waals surface area contributed by atoms with Gasteiger partial charge >= 0.3 is 5.97 Å². The molecular weight excluding hydrogens is 472 g/mol. The number of nitrogens with one attached hydrogen (secondary N) is 1. The number of benzene rings is 2. The molecule has 2 aliphatic heterocycles. The molecule has 1 N–H and O–H groups in total. The van der Waals surface area contributed by atoms with Crippen molar-refractivity contribution in [2.75, 3.05) is 33.4 Å². The molecule has 1 atom stereocenters. The van der Waals surface area contributed by atoms with Crippen molar-refractivity contribution >= 4 is 23.9 Å². The van der Waals surface area contributed by atoms with Gasteiger partial charge in [-0.1, -0.05) is 42.5 Å². The van der Waals surface area contributed by atoms with Crippen molar-refractivity contribution in [2.45, 2.75) is 32.3 Å². The van der Waals surface area contributed by atoms with Gasteiger partial charge in [-0.05, 0) is 55.5 Å². The van der Waals surface area contributed by atoms with Crippen LogP contribution in [0.4, 0.5) is 0 Å². The molecule has 0 bridgehead atoms. The van der Waals surface area contributed by atoms with Crippen molar-refractivity contribution in [3.63, 3.8) is 0 Å². The van der Waals surface area contributed by atoms with Crippen LogP contribution < -0.4 is 10.1 Å². The van der Waals surface area contributed by atoms with Crippen molar-refractivity contribution in [3.05, 3.63) is 82.6 Å². The van der Waals surface area contributed by atoms with Gasteiger partial charge in [0, 0.05) is 18.8 Å². The maximum atomic E-state index is 13.2. The van der Waals surface area contributed by atoms with Crippen molar-refractivity contribution in [3.8, 4) is 5.75 Å². The van der Waals surface area contributed by atoms with Crippen LogP contribution in [0.5, 0.6) is 5.75 Å². The van der Waals surface area contributed by atoms with Crippen LogP contribution in [-0.4, -0.2) is 62.2 Å². The third-order valence-electron chi connectivity index (χ3n) is 6.45. The highest BCUT2D eigenvalue weighted by molar-refractivity contribution is 6.16. The Hall–Kier alpha value is -3.91. The number of ether oxygens (including phenoxy) is 3. The largest absolute Gasteiger partial charge is 0.484 e. The van der Waals surface area contributed by atoms with Crippen LogP contribution in [-0.2, 0) is 30.3 Å². The molecule has 0 aromatic heterocycles. The number of nitrogens with zero attached hydrogens (tertiary/aromatic N) is 1. The average molecular weight is 505 g/mol. The smallest absolute Gasteiger partial charge is 0.340 e. The SMILES string of the molecule is COC(=O)C1=C(C)N(C[C@@H]2CCCO2)C(=O)/C1=C\c1ccc(OCC(=O)NCCc2ccccc2)cc1. The molecule has 0 radical (unpaired) electrons. The summed E-state index contributed by atoms with van der Waals surface area (Å²) in [6.45, 7) is 3.28. The Bertz CT molecular complexity index is 1180. The Labute approximate surface area is 216 Å². The summed E-state index contributed by atoms with van der Waals surface area (Å²) >= 11 is 0. The molecule has 0 saturated carbocycles. The highest BCUT2D eigenvalue weighted by Gasteiger charge is 2.38. The highest BCUT2D eigenvalue weighted by atomic mass is 16.5. The van der Waals surface area contributed by atoms with E-state index in [0.29, 0.717) is 31.1 Å². The number of hydrogen-bond acceptors (Lipinski definition) is 6. The molecule has 4 rings (SSSR count). The topological polar surface area (TPSA) is 94.2 Å². The molecular formula is C29H32N2O6. The molecule has 2 aromatic carbocycles. The molecule has 0 unspecified atom stereocenters. The zero-order chi connectivity index (χ0) is 26.2. The summed E-state index contributed by atoms with van der Waals surface area (Å²) in [6, 6.07) is 16.9. The molecule has 1 saturated heterocycles. The van der Waals surface area contributed by atoms with Crippen molar-refractivity contribution in [2.24, 2.45) is 0 Å². The third kappa shape index (κ3) is 6.65. The number of methoxy groups -OCH3 is 1. The van der Waals surface area contributed by atoms with Gasteiger partial charge < -0.3 is 24.4 Å². The monoisotopic (exact) mass is 504 g/mol.